The minimum Gasteiger partial charge on any atom is -0.383 e. The predicted molar refractivity (Wildman–Crippen MR) is 126 cm³/mol. The molecule has 1 aromatic heterocycles. The van der Waals surface area contributed by atoms with Gasteiger partial charge in [0.05, 0.1) is 6.61 Å². The molecule has 31 heavy (non-hydrogen) atoms. The fraction of sp³-hybridized carbons (Fsp3) is 0.444. The summed E-state index contributed by atoms with van der Waals surface area (Å²) in [4.78, 5) is 12.8. The first-order valence-electron chi connectivity index (χ1n) is 11.6. The maximum absolute atomic E-state index is 12.8. The molecule has 0 saturated heterocycles. The summed E-state index contributed by atoms with van der Waals surface area (Å²) in [6.07, 6.45) is 9.17. The molecule has 0 aliphatic heterocycles. The Labute approximate surface area is 185 Å². The van der Waals surface area contributed by atoms with E-state index in [1.54, 1.807) is 7.11 Å². The molecule has 1 aliphatic rings. The van der Waals surface area contributed by atoms with Crippen LogP contribution >= 0.6 is 0 Å². The van der Waals surface area contributed by atoms with Gasteiger partial charge in [0, 0.05) is 43.7 Å². The van der Waals surface area contributed by atoms with Crippen molar-refractivity contribution in [2.75, 3.05) is 20.3 Å². The number of amides is 1. The summed E-state index contributed by atoms with van der Waals surface area (Å²) >= 11 is 0. The first-order chi connectivity index (χ1) is 15.3. The van der Waals surface area contributed by atoms with Crippen LogP contribution in [0, 0.1) is 5.92 Å². The van der Waals surface area contributed by atoms with E-state index in [0.717, 1.165) is 6.54 Å². The largest absolute Gasteiger partial charge is 0.383 e. The van der Waals surface area contributed by atoms with Gasteiger partial charge in [-0.15, -0.1) is 0 Å². The summed E-state index contributed by atoms with van der Waals surface area (Å²) in [6.45, 7) is 1.97. The molecule has 0 bridgehead atoms. The second kappa shape index (κ2) is 10.6. The van der Waals surface area contributed by atoms with Gasteiger partial charge in [-0.1, -0.05) is 67.8 Å². The monoisotopic (exact) mass is 418 g/mol. The Hall–Kier alpha value is -2.59. The number of hydrogen-bond acceptors (Lipinski definition) is 2. The third-order valence-electron chi connectivity index (χ3n) is 6.67. The van der Waals surface area contributed by atoms with Crippen molar-refractivity contribution < 1.29 is 9.53 Å². The predicted octanol–water partition coefficient (Wildman–Crippen LogP) is 5.51. The molecule has 3 aromatic rings. The second-order valence-electron chi connectivity index (χ2n) is 8.77. The van der Waals surface area contributed by atoms with E-state index >= 15 is 0 Å². The fourth-order valence-corrected chi connectivity index (χ4v) is 5.11. The Morgan fingerprint density at radius 2 is 1.81 bits per heavy atom. The van der Waals surface area contributed by atoms with Crippen molar-refractivity contribution in [1.29, 1.82) is 0 Å². The number of fused-ring (bicyclic) bond motifs is 1. The lowest BCUT2D eigenvalue weighted by molar-refractivity contribution is -0.122. The molecule has 1 atom stereocenters. The van der Waals surface area contributed by atoms with Crippen molar-refractivity contribution in [2.24, 2.45) is 5.92 Å². The van der Waals surface area contributed by atoms with Gasteiger partial charge in [0.15, 0.2) is 0 Å². The Morgan fingerprint density at radius 1 is 1.06 bits per heavy atom. The van der Waals surface area contributed by atoms with Gasteiger partial charge in [0.2, 0.25) is 5.91 Å². The quantitative estimate of drug-likeness (QED) is 0.466. The molecule has 2 aromatic carbocycles. The molecule has 1 N–H and O–H groups in total. The molecule has 0 spiro atoms. The highest BCUT2D eigenvalue weighted by Crippen LogP contribution is 2.41. The van der Waals surface area contributed by atoms with E-state index in [9.17, 15) is 4.79 Å². The summed E-state index contributed by atoms with van der Waals surface area (Å²) in [5, 5.41) is 4.34. The Morgan fingerprint density at radius 3 is 2.58 bits per heavy atom. The molecule has 1 amide bonds. The Balaban J connectivity index is 1.66. The summed E-state index contributed by atoms with van der Waals surface area (Å²) in [6, 6.07) is 19.3. The molecule has 0 radical (unpaired) electrons. The maximum atomic E-state index is 12.8. The van der Waals surface area contributed by atoms with Crippen molar-refractivity contribution in [2.45, 2.75) is 51.0 Å². The number of carbonyl (C=O) groups excluding carboxylic acids is 1. The van der Waals surface area contributed by atoms with Gasteiger partial charge >= 0.3 is 0 Å². The van der Waals surface area contributed by atoms with Crippen LogP contribution in [0.2, 0.25) is 0 Å². The van der Waals surface area contributed by atoms with E-state index in [1.807, 2.05) is 0 Å². The van der Waals surface area contributed by atoms with Crippen LogP contribution in [0.5, 0.6) is 0 Å². The van der Waals surface area contributed by atoms with Gasteiger partial charge in [-0.05, 0) is 41.9 Å². The number of rotatable bonds is 9. The normalized spacial score (nSPS) is 15.8. The molecule has 1 unspecified atom stereocenters. The van der Waals surface area contributed by atoms with Crippen LogP contribution in [0.25, 0.3) is 10.9 Å². The molecule has 1 fully saturated rings. The molecule has 1 heterocycles. The molecule has 164 valence electrons. The third-order valence-corrected chi connectivity index (χ3v) is 6.67. The lowest BCUT2D eigenvalue weighted by Crippen LogP contribution is -2.30. The van der Waals surface area contributed by atoms with Crippen LogP contribution < -0.4 is 5.32 Å². The van der Waals surface area contributed by atoms with Crippen molar-refractivity contribution in [3.05, 3.63) is 71.9 Å². The summed E-state index contributed by atoms with van der Waals surface area (Å²) < 4.78 is 7.46. The summed E-state index contributed by atoms with van der Waals surface area (Å²) in [5.74, 6) is 0.954. The van der Waals surface area contributed by atoms with E-state index in [4.69, 9.17) is 4.74 Å². The van der Waals surface area contributed by atoms with E-state index in [-0.39, 0.29) is 11.8 Å². The molecule has 1 aliphatic carbocycles. The van der Waals surface area contributed by atoms with Gasteiger partial charge in [-0.2, -0.15) is 0 Å². The molecular formula is C27H34N2O2. The third kappa shape index (κ3) is 5.37. The zero-order valence-electron chi connectivity index (χ0n) is 18.6. The lowest BCUT2D eigenvalue weighted by Gasteiger charge is -2.30. The average molecular weight is 419 g/mol. The maximum Gasteiger partial charge on any atom is 0.220 e. The van der Waals surface area contributed by atoms with Crippen molar-refractivity contribution in [3.8, 4) is 0 Å². The first kappa shape index (κ1) is 21.6. The van der Waals surface area contributed by atoms with Crippen molar-refractivity contribution >= 4 is 16.8 Å². The topological polar surface area (TPSA) is 43.3 Å². The number of carbonyl (C=O) groups is 1. The van der Waals surface area contributed by atoms with Crippen LogP contribution in [0.3, 0.4) is 0 Å². The van der Waals surface area contributed by atoms with Gasteiger partial charge in [-0.3, -0.25) is 4.79 Å². The number of para-hydroxylation sites is 1. The fourth-order valence-electron chi connectivity index (χ4n) is 5.11. The number of hydrogen-bond donors (Lipinski definition) is 1. The molecular weight excluding hydrogens is 384 g/mol. The zero-order valence-corrected chi connectivity index (χ0v) is 18.6. The van der Waals surface area contributed by atoms with Gasteiger partial charge in [-0.25, -0.2) is 0 Å². The van der Waals surface area contributed by atoms with Crippen molar-refractivity contribution in [3.63, 3.8) is 0 Å². The van der Waals surface area contributed by atoms with Crippen LogP contribution in [0.1, 0.15) is 55.6 Å². The Kier molecular flexibility index (Phi) is 7.42. The minimum absolute atomic E-state index is 0.132. The lowest BCUT2D eigenvalue weighted by atomic mass is 9.75. The number of benzene rings is 2. The van der Waals surface area contributed by atoms with Gasteiger partial charge < -0.3 is 14.6 Å². The van der Waals surface area contributed by atoms with E-state index < -0.39 is 0 Å². The SMILES string of the molecule is COCCNC(=O)CC(c1cn(Cc2ccccc2)c2ccccc12)C1CCCCC1. The van der Waals surface area contributed by atoms with Crippen LogP contribution in [-0.4, -0.2) is 30.7 Å². The standard InChI is InChI=1S/C27H34N2O2/c1-31-17-16-28-27(30)18-24(22-12-6-3-7-13-22)25-20-29(19-21-10-4-2-5-11-21)26-15-9-8-14-23(25)26/h2,4-5,8-11,14-15,20,22,24H,3,6-7,12-13,16-19H2,1H3,(H,28,30). The van der Waals surface area contributed by atoms with E-state index in [1.165, 1.54) is 54.1 Å². The number of methoxy groups -OCH3 is 1. The van der Waals surface area contributed by atoms with E-state index in [2.05, 4.69) is 70.7 Å². The smallest absolute Gasteiger partial charge is 0.220 e. The average Bonchev–Trinajstić information content (AvgIpc) is 3.17. The summed E-state index contributed by atoms with van der Waals surface area (Å²) in [7, 11) is 1.67. The van der Waals surface area contributed by atoms with Crippen molar-refractivity contribution in [1.82, 2.24) is 9.88 Å². The van der Waals surface area contributed by atoms with Gasteiger partial charge in [0.25, 0.3) is 0 Å². The Bertz CT molecular complexity index is 973. The summed E-state index contributed by atoms with van der Waals surface area (Å²) in [5.41, 5.74) is 3.88. The van der Waals surface area contributed by atoms with Crippen LogP contribution in [-0.2, 0) is 16.1 Å². The number of nitrogens with zero attached hydrogens (tertiary/aromatic N) is 1. The highest BCUT2D eigenvalue weighted by Gasteiger charge is 2.29. The van der Waals surface area contributed by atoms with E-state index in [0.29, 0.717) is 25.5 Å². The van der Waals surface area contributed by atoms with Gasteiger partial charge in [0.1, 0.15) is 0 Å². The highest BCUT2D eigenvalue weighted by atomic mass is 16.5. The molecule has 4 heteroatoms. The first-order valence-corrected chi connectivity index (χ1v) is 11.6. The number of aromatic nitrogens is 1. The molecule has 1 saturated carbocycles. The minimum atomic E-state index is 0.132. The molecule has 4 rings (SSSR count). The zero-order chi connectivity index (χ0) is 21.5. The number of nitrogens with one attached hydrogen (secondary N) is 1. The highest BCUT2D eigenvalue weighted by molar-refractivity contribution is 5.86. The van der Waals surface area contributed by atoms with Crippen LogP contribution in [0.15, 0.2) is 60.8 Å². The van der Waals surface area contributed by atoms with Crippen LogP contribution in [0.4, 0.5) is 0 Å². The molecule has 4 nitrogen and oxygen atoms in total. The second-order valence-corrected chi connectivity index (χ2v) is 8.77. The number of ether oxygens (including phenoxy) is 1.